The zero-order valence-corrected chi connectivity index (χ0v) is 16.3. The van der Waals surface area contributed by atoms with Gasteiger partial charge in [0.25, 0.3) is 5.91 Å². The SMILES string of the molecule is CC(=O)N1CCC(Cc2ccc(C(=O)NCCN3CCOCC3)cc2)CC1. The van der Waals surface area contributed by atoms with E-state index in [2.05, 4.69) is 22.3 Å². The van der Waals surface area contributed by atoms with Crippen molar-refractivity contribution in [2.24, 2.45) is 5.92 Å². The average Bonchev–Trinajstić information content (AvgIpc) is 2.70. The van der Waals surface area contributed by atoms with E-state index in [1.165, 1.54) is 5.56 Å². The van der Waals surface area contributed by atoms with E-state index in [-0.39, 0.29) is 11.8 Å². The number of rotatable bonds is 6. The van der Waals surface area contributed by atoms with Crippen LogP contribution in [0.15, 0.2) is 24.3 Å². The molecule has 2 heterocycles. The third-order valence-electron chi connectivity index (χ3n) is 5.62. The Morgan fingerprint density at radius 1 is 1.07 bits per heavy atom. The average molecular weight is 373 g/mol. The van der Waals surface area contributed by atoms with Crippen LogP contribution in [0.1, 0.15) is 35.7 Å². The molecular weight excluding hydrogens is 342 g/mol. The molecule has 0 aliphatic carbocycles. The number of hydrogen-bond donors (Lipinski definition) is 1. The van der Waals surface area contributed by atoms with E-state index in [0.29, 0.717) is 18.0 Å². The number of piperidine rings is 1. The number of carbonyl (C=O) groups excluding carboxylic acids is 2. The molecule has 0 unspecified atom stereocenters. The molecule has 0 radical (unpaired) electrons. The molecule has 2 aliphatic rings. The van der Waals surface area contributed by atoms with Gasteiger partial charge in [-0.2, -0.15) is 0 Å². The summed E-state index contributed by atoms with van der Waals surface area (Å²) in [6, 6.07) is 7.97. The monoisotopic (exact) mass is 373 g/mol. The number of nitrogens with one attached hydrogen (secondary N) is 1. The number of ether oxygens (including phenoxy) is 1. The van der Waals surface area contributed by atoms with Crippen molar-refractivity contribution >= 4 is 11.8 Å². The Kier molecular flexibility index (Phi) is 7.24. The lowest BCUT2D eigenvalue weighted by atomic mass is 9.90. The van der Waals surface area contributed by atoms with Gasteiger partial charge in [-0.3, -0.25) is 14.5 Å². The van der Waals surface area contributed by atoms with E-state index in [9.17, 15) is 9.59 Å². The number of likely N-dealkylation sites (tertiary alicyclic amines) is 1. The number of carbonyl (C=O) groups is 2. The Balaban J connectivity index is 1.40. The van der Waals surface area contributed by atoms with Gasteiger partial charge in [0.15, 0.2) is 0 Å². The summed E-state index contributed by atoms with van der Waals surface area (Å²) in [4.78, 5) is 27.9. The van der Waals surface area contributed by atoms with E-state index in [4.69, 9.17) is 4.74 Å². The molecule has 1 aromatic rings. The fourth-order valence-corrected chi connectivity index (χ4v) is 3.83. The van der Waals surface area contributed by atoms with Gasteiger partial charge in [0.1, 0.15) is 0 Å². The van der Waals surface area contributed by atoms with Crippen LogP contribution in [0.2, 0.25) is 0 Å². The lowest BCUT2D eigenvalue weighted by Crippen LogP contribution is -2.41. The van der Waals surface area contributed by atoms with Gasteiger partial charge in [0.2, 0.25) is 5.91 Å². The fraction of sp³-hybridized carbons (Fsp3) is 0.619. The summed E-state index contributed by atoms with van der Waals surface area (Å²) in [5, 5.41) is 3.00. The Morgan fingerprint density at radius 2 is 1.74 bits per heavy atom. The Labute approximate surface area is 161 Å². The minimum absolute atomic E-state index is 0.00965. The molecule has 6 heteroatoms. The number of nitrogens with zero attached hydrogens (tertiary/aromatic N) is 2. The summed E-state index contributed by atoms with van der Waals surface area (Å²) in [5.74, 6) is 0.788. The van der Waals surface area contributed by atoms with Crippen molar-refractivity contribution in [3.05, 3.63) is 35.4 Å². The van der Waals surface area contributed by atoms with Gasteiger partial charge < -0.3 is 15.0 Å². The van der Waals surface area contributed by atoms with Gasteiger partial charge in [-0.15, -0.1) is 0 Å². The first kappa shape index (κ1) is 19.8. The molecule has 0 aromatic heterocycles. The largest absolute Gasteiger partial charge is 0.379 e. The quantitative estimate of drug-likeness (QED) is 0.822. The third-order valence-corrected chi connectivity index (χ3v) is 5.62. The maximum atomic E-state index is 12.3. The van der Waals surface area contributed by atoms with E-state index >= 15 is 0 Å². The third kappa shape index (κ3) is 6.04. The number of hydrogen-bond acceptors (Lipinski definition) is 4. The molecule has 27 heavy (non-hydrogen) atoms. The highest BCUT2D eigenvalue weighted by atomic mass is 16.5. The Morgan fingerprint density at radius 3 is 2.37 bits per heavy atom. The van der Waals surface area contributed by atoms with E-state index in [0.717, 1.165) is 65.2 Å². The molecule has 0 saturated carbocycles. The van der Waals surface area contributed by atoms with Gasteiger partial charge in [-0.25, -0.2) is 0 Å². The Bertz CT molecular complexity index is 618. The zero-order valence-electron chi connectivity index (χ0n) is 16.3. The number of morpholine rings is 1. The molecule has 0 spiro atoms. The first-order chi connectivity index (χ1) is 13.1. The second kappa shape index (κ2) is 9.85. The molecular formula is C21H31N3O3. The first-order valence-corrected chi connectivity index (χ1v) is 10.0. The summed E-state index contributed by atoms with van der Waals surface area (Å²) in [7, 11) is 0. The molecule has 1 aromatic carbocycles. The zero-order chi connectivity index (χ0) is 19.1. The molecule has 3 rings (SSSR count). The van der Waals surface area contributed by atoms with Crippen molar-refractivity contribution in [1.29, 1.82) is 0 Å². The van der Waals surface area contributed by atoms with Crippen LogP contribution in [0.4, 0.5) is 0 Å². The number of amides is 2. The second-order valence-corrected chi connectivity index (χ2v) is 7.56. The summed E-state index contributed by atoms with van der Waals surface area (Å²) < 4.78 is 5.33. The van der Waals surface area contributed by atoms with Gasteiger partial charge in [-0.05, 0) is 42.9 Å². The lowest BCUT2D eigenvalue weighted by molar-refractivity contribution is -0.130. The van der Waals surface area contributed by atoms with Crippen LogP contribution >= 0.6 is 0 Å². The molecule has 2 amide bonds. The van der Waals surface area contributed by atoms with Crippen molar-refractivity contribution in [3.63, 3.8) is 0 Å². The van der Waals surface area contributed by atoms with Crippen molar-refractivity contribution in [3.8, 4) is 0 Å². The standard InChI is InChI=1S/C21H31N3O3/c1-17(25)24-9-6-19(7-10-24)16-18-2-4-20(5-3-18)21(26)22-8-11-23-12-14-27-15-13-23/h2-5,19H,6-16H2,1H3,(H,22,26). The van der Waals surface area contributed by atoms with Crippen LogP contribution in [0.5, 0.6) is 0 Å². The van der Waals surface area contributed by atoms with Crippen LogP contribution in [-0.2, 0) is 16.0 Å². The summed E-state index contributed by atoms with van der Waals surface area (Å²) in [5.41, 5.74) is 1.98. The topological polar surface area (TPSA) is 61.9 Å². The Hall–Kier alpha value is -1.92. The highest BCUT2D eigenvalue weighted by Crippen LogP contribution is 2.22. The van der Waals surface area contributed by atoms with Crippen molar-refractivity contribution in [1.82, 2.24) is 15.1 Å². The van der Waals surface area contributed by atoms with Gasteiger partial charge in [0, 0.05) is 51.8 Å². The maximum Gasteiger partial charge on any atom is 0.251 e. The fourth-order valence-electron chi connectivity index (χ4n) is 3.83. The van der Waals surface area contributed by atoms with E-state index in [1.807, 2.05) is 17.0 Å². The van der Waals surface area contributed by atoms with Gasteiger partial charge in [0.05, 0.1) is 13.2 Å². The van der Waals surface area contributed by atoms with Gasteiger partial charge >= 0.3 is 0 Å². The summed E-state index contributed by atoms with van der Waals surface area (Å²) in [6.07, 6.45) is 3.14. The van der Waals surface area contributed by atoms with Crippen molar-refractivity contribution in [2.75, 3.05) is 52.5 Å². The predicted octanol–water partition coefficient (Wildman–Crippen LogP) is 1.55. The maximum absolute atomic E-state index is 12.3. The molecule has 0 atom stereocenters. The van der Waals surface area contributed by atoms with E-state index in [1.54, 1.807) is 6.92 Å². The minimum atomic E-state index is -0.00965. The van der Waals surface area contributed by atoms with Crippen LogP contribution in [0, 0.1) is 5.92 Å². The molecule has 148 valence electrons. The smallest absolute Gasteiger partial charge is 0.251 e. The van der Waals surface area contributed by atoms with Gasteiger partial charge in [-0.1, -0.05) is 12.1 Å². The van der Waals surface area contributed by atoms with Crippen LogP contribution in [0.25, 0.3) is 0 Å². The molecule has 2 aliphatic heterocycles. The normalized spacial score (nSPS) is 19.1. The van der Waals surface area contributed by atoms with Crippen LogP contribution in [0.3, 0.4) is 0 Å². The van der Waals surface area contributed by atoms with Crippen LogP contribution in [-0.4, -0.2) is 74.1 Å². The van der Waals surface area contributed by atoms with Crippen molar-refractivity contribution in [2.45, 2.75) is 26.2 Å². The molecule has 2 saturated heterocycles. The highest BCUT2D eigenvalue weighted by molar-refractivity contribution is 5.94. The minimum Gasteiger partial charge on any atom is -0.379 e. The highest BCUT2D eigenvalue weighted by Gasteiger charge is 2.21. The summed E-state index contributed by atoms with van der Waals surface area (Å²) >= 11 is 0. The molecule has 0 bridgehead atoms. The molecule has 6 nitrogen and oxygen atoms in total. The van der Waals surface area contributed by atoms with Crippen molar-refractivity contribution < 1.29 is 14.3 Å². The first-order valence-electron chi connectivity index (χ1n) is 10.0. The predicted molar refractivity (Wildman–Crippen MR) is 105 cm³/mol. The second-order valence-electron chi connectivity index (χ2n) is 7.56. The van der Waals surface area contributed by atoms with Crippen LogP contribution < -0.4 is 5.32 Å². The number of benzene rings is 1. The summed E-state index contributed by atoms with van der Waals surface area (Å²) in [6.45, 7) is 8.35. The lowest BCUT2D eigenvalue weighted by Gasteiger charge is -2.31. The molecule has 2 fully saturated rings. The van der Waals surface area contributed by atoms with E-state index < -0.39 is 0 Å². The molecule has 1 N–H and O–H groups in total.